The van der Waals surface area contributed by atoms with E-state index in [0.29, 0.717) is 16.7 Å². The second-order valence-corrected chi connectivity index (χ2v) is 5.92. The Kier molecular flexibility index (Phi) is 3.82. The van der Waals surface area contributed by atoms with Gasteiger partial charge >= 0.3 is 0 Å². The normalized spacial score (nSPS) is 10.8. The molecule has 0 N–H and O–H groups in total. The average Bonchev–Trinajstić information content (AvgIpc) is 2.68. The molecule has 0 bridgehead atoms. The fraction of sp³-hybridized carbons (Fsp3) is 0.0455. The molecule has 0 unspecified atom stereocenters. The van der Waals surface area contributed by atoms with E-state index in [1.165, 1.54) is 0 Å². The minimum atomic E-state index is -0.0333. The summed E-state index contributed by atoms with van der Waals surface area (Å²) in [4.78, 5) is 14.5. The van der Waals surface area contributed by atoms with Crippen LogP contribution in [-0.2, 0) is 0 Å². The van der Waals surface area contributed by atoms with Crippen molar-refractivity contribution in [1.82, 2.24) is 0 Å². The summed E-state index contributed by atoms with van der Waals surface area (Å²) in [5, 5.41) is 0.588. The molecule has 0 amide bonds. The number of fused-ring (bicyclic) bond motifs is 1. The van der Waals surface area contributed by atoms with E-state index >= 15 is 0 Å². The van der Waals surface area contributed by atoms with E-state index in [0.717, 1.165) is 16.9 Å². The van der Waals surface area contributed by atoms with Crippen LogP contribution in [0.1, 0.15) is 0 Å². The molecule has 3 aromatic carbocycles. The molecule has 25 heavy (non-hydrogen) atoms. The van der Waals surface area contributed by atoms with E-state index in [9.17, 15) is 4.79 Å². The number of anilines is 2. The highest BCUT2D eigenvalue weighted by atomic mass is 16.3. The molecular formula is C22H17NO2. The van der Waals surface area contributed by atoms with E-state index in [2.05, 4.69) is 4.90 Å². The van der Waals surface area contributed by atoms with Gasteiger partial charge in [0.05, 0.1) is 5.39 Å². The summed E-state index contributed by atoms with van der Waals surface area (Å²) in [5.74, 6) is 0.581. The third-order valence-electron chi connectivity index (χ3n) is 4.30. The lowest BCUT2D eigenvalue weighted by molar-refractivity contribution is 0.619. The monoisotopic (exact) mass is 327 g/mol. The Morgan fingerprint density at radius 1 is 0.760 bits per heavy atom. The maximum absolute atomic E-state index is 12.5. The van der Waals surface area contributed by atoms with Gasteiger partial charge < -0.3 is 9.32 Å². The second-order valence-electron chi connectivity index (χ2n) is 5.92. The molecule has 0 aliphatic rings. The van der Waals surface area contributed by atoms with Gasteiger partial charge in [0.25, 0.3) is 0 Å². The highest BCUT2D eigenvalue weighted by molar-refractivity contribution is 5.83. The second kappa shape index (κ2) is 6.29. The van der Waals surface area contributed by atoms with Gasteiger partial charge in [-0.05, 0) is 24.3 Å². The van der Waals surface area contributed by atoms with E-state index in [-0.39, 0.29) is 5.43 Å². The van der Waals surface area contributed by atoms with Gasteiger partial charge in [0.1, 0.15) is 11.3 Å². The molecule has 0 fully saturated rings. The molecule has 4 rings (SSSR count). The van der Waals surface area contributed by atoms with Crippen LogP contribution in [0.15, 0.2) is 94.1 Å². The van der Waals surface area contributed by atoms with Crippen LogP contribution in [0.5, 0.6) is 0 Å². The molecule has 0 aliphatic carbocycles. The van der Waals surface area contributed by atoms with Crippen molar-refractivity contribution in [1.29, 1.82) is 0 Å². The summed E-state index contributed by atoms with van der Waals surface area (Å²) in [5.41, 5.74) is 3.49. The minimum Gasteiger partial charge on any atom is -0.456 e. The molecule has 0 saturated heterocycles. The maximum atomic E-state index is 12.5. The van der Waals surface area contributed by atoms with Gasteiger partial charge in [-0.1, -0.05) is 48.5 Å². The van der Waals surface area contributed by atoms with Gasteiger partial charge in [0, 0.05) is 36.1 Å². The Morgan fingerprint density at radius 3 is 2.16 bits per heavy atom. The van der Waals surface area contributed by atoms with Gasteiger partial charge in [0.15, 0.2) is 5.43 Å². The van der Waals surface area contributed by atoms with Crippen molar-refractivity contribution in [3.63, 3.8) is 0 Å². The smallest absolute Gasteiger partial charge is 0.193 e. The standard InChI is InChI=1S/C22H17NO2/c1-23(17-10-6-3-7-11-17)18-12-13-19-20(24)15-21(25-22(19)14-18)16-8-4-2-5-9-16/h2-15H,1H3. The third kappa shape index (κ3) is 2.92. The van der Waals surface area contributed by atoms with Crippen LogP contribution in [0.25, 0.3) is 22.3 Å². The first-order valence-electron chi connectivity index (χ1n) is 8.14. The zero-order valence-electron chi connectivity index (χ0n) is 13.8. The maximum Gasteiger partial charge on any atom is 0.193 e. The number of rotatable bonds is 3. The van der Waals surface area contributed by atoms with Gasteiger partial charge in [-0.25, -0.2) is 0 Å². The Bertz CT molecular complexity index is 1070. The predicted molar refractivity (Wildman–Crippen MR) is 102 cm³/mol. The summed E-state index contributed by atoms with van der Waals surface area (Å²) in [7, 11) is 2.00. The molecule has 0 aliphatic heterocycles. The molecule has 0 saturated carbocycles. The minimum absolute atomic E-state index is 0.0333. The van der Waals surface area contributed by atoms with Crippen molar-refractivity contribution in [2.24, 2.45) is 0 Å². The number of nitrogens with zero attached hydrogens (tertiary/aromatic N) is 1. The first kappa shape index (κ1) is 15.2. The number of hydrogen-bond donors (Lipinski definition) is 0. The summed E-state index contributed by atoms with van der Waals surface area (Å²) in [6.45, 7) is 0. The highest BCUT2D eigenvalue weighted by Gasteiger charge is 2.10. The molecule has 0 atom stereocenters. The van der Waals surface area contributed by atoms with Crippen molar-refractivity contribution in [2.45, 2.75) is 0 Å². The van der Waals surface area contributed by atoms with Gasteiger partial charge in [0.2, 0.25) is 0 Å². The fourth-order valence-electron chi connectivity index (χ4n) is 2.90. The summed E-state index contributed by atoms with van der Waals surface area (Å²) >= 11 is 0. The van der Waals surface area contributed by atoms with E-state index in [4.69, 9.17) is 4.42 Å². The molecule has 0 radical (unpaired) electrons. The Balaban J connectivity index is 1.83. The van der Waals surface area contributed by atoms with Crippen molar-refractivity contribution in [3.05, 3.63) is 95.2 Å². The van der Waals surface area contributed by atoms with Crippen LogP contribution in [0.3, 0.4) is 0 Å². The van der Waals surface area contributed by atoms with Crippen LogP contribution in [-0.4, -0.2) is 7.05 Å². The largest absolute Gasteiger partial charge is 0.456 e. The molecule has 1 aromatic heterocycles. The van der Waals surface area contributed by atoms with Crippen LogP contribution >= 0.6 is 0 Å². The lowest BCUT2D eigenvalue weighted by Crippen LogP contribution is -2.09. The van der Waals surface area contributed by atoms with Gasteiger partial charge in [-0.3, -0.25) is 4.79 Å². The molecule has 122 valence electrons. The summed E-state index contributed by atoms with van der Waals surface area (Å²) < 4.78 is 6.03. The van der Waals surface area contributed by atoms with E-state index in [1.54, 1.807) is 6.07 Å². The average molecular weight is 327 g/mol. The summed E-state index contributed by atoms with van der Waals surface area (Å²) in [6.07, 6.45) is 0. The number of para-hydroxylation sites is 1. The molecular weight excluding hydrogens is 310 g/mol. The Labute approximate surface area is 145 Å². The quantitative estimate of drug-likeness (QED) is 0.517. The molecule has 3 nitrogen and oxygen atoms in total. The number of hydrogen-bond acceptors (Lipinski definition) is 3. The zero-order chi connectivity index (χ0) is 17.2. The number of benzene rings is 3. The van der Waals surface area contributed by atoms with Crippen molar-refractivity contribution >= 4 is 22.3 Å². The van der Waals surface area contributed by atoms with E-state index in [1.807, 2.05) is 85.9 Å². The Morgan fingerprint density at radius 2 is 1.44 bits per heavy atom. The lowest BCUT2D eigenvalue weighted by atomic mass is 10.1. The topological polar surface area (TPSA) is 33.5 Å². The highest BCUT2D eigenvalue weighted by Crippen LogP contribution is 2.28. The fourth-order valence-corrected chi connectivity index (χ4v) is 2.90. The SMILES string of the molecule is CN(c1ccccc1)c1ccc2c(=O)cc(-c3ccccc3)oc2c1. The molecule has 1 heterocycles. The van der Waals surface area contributed by atoms with Crippen molar-refractivity contribution in [2.75, 3.05) is 11.9 Å². The molecule has 4 aromatic rings. The lowest BCUT2D eigenvalue weighted by Gasteiger charge is -2.19. The Hall–Kier alpha value is -3.33. The van der Waals surface area contributed by atoms with Crippen molar-refractivity contribution in [3.8, 4) is 11.3 Å². The van der Waals surface area contributed by atoms with Crippen LogP contribution in [0, 0.1) is 0 Å². The van der Waals surface area contributed by atoms with Crippen LogP contribution in [0.2, 0.25) is 0 Å². The zero-order valence-corrected chi connectivity index (χ0v) is 13.8. The van der Waals surface area contributed by atoms with Crippen LogP contribution < -0.4 is 10.3 Å². The molecule has 0 spiro atoms. The van der Waals surface area contributed by atoms with Crippen molar-refractivity contribution < 1.29 is 4.42 Å². The van der Waals surface area contributed by atoms with E-state index < -0.39 is 0 Å². The summed E-state index contributed by atoms with van der Waals surface area (Å²) in [6, 6.07) is 27.0. The van der Waals surface area contributed by atoms with Gasteiger partial charge in [-0.2, -0.15) is 0 Å². The first-order chi connectivity index (χ1) is 12.2. The first-order valence-corrected chi connectivity index (χ1v) is 8.14. The predicted octanol–water partition coefficient (Wildman–Crippen LogP) is 5.23. The molecule has 3 heteroatoms. The van der Waals surface area contributed by atoms with Gasteiger partial charge in [-0.15, -0.1) is 0 Å². The van der Waals surface area contributed by atoms with Crippen LogP contribution in [0.4, 0.5) is 11.4 Å². The third-order valence-corrected chi connectivity index (χ3v) is 4.30.